The maximum atomic E-state index is 12.1. The monoisotopic (exact) mass is 320 g/mol. The Morgan fingerprint density at radius 3 is 2.73 bits per heavy atom. The Kier molecular flexibility index (Phi) is 5.35. The van der Waals surface area contributed by atoms with Crippen molar-refractivity contribution in [2.75, 3.05) is 12.4 Å². The first kappa shape index (κ1) is 16.3. The highest BCUT2D eigenvalue weighted by Gasteiger charge is 2.15. The number of carbonyl (C=O) groups is 1. The fourth-order valence-corrected chi connectivity index (χ4v) is 2.11. The van der Waals surface area contributed by atoms with Gasteiger partial charge in [0.25, 0.3) is 0 Å². The average molecular weight is 321 g/mol. The highest BCUT2D eigenvalue weighted by molar-refractivity contribution is 6.30. The van der Waals surface area contributed by atoms with Crippen molar-refractivity contribution in [2.24, 2.45) is 0 Å². The van der Waals surface area contributed by atoms with E-state index in [-0.39, 0.29) is 12.3 Å². The molecule has 1 aromatic heterocycles. The van der Waals surface area contributed by atoms with Gasteiger partial charge in [-0.2, -0.15) is 0 Å². The standard InChI is InChI=1S/C16H17ClN2O3/c1-10-7-13(16(22-2)18-9-10)19-15(21)8-14(20)11-3-5-12(17)6-4-11/h3-7,9,14,20H,8H2,1-2H3,(H,19,21). The molecule has 0 aliphatic heterocycles. The van der Waals surface area contributed by atoms with Crippen LogP contribution in [0.3, 0.4) is 0 Å². The summed E-state index contributed by atoms with van der Waals surface area (Å²) in [6, 6.07) is 8.49. The number of aryl methyl sites for hydroxylation is 1. The summed E-state index contributed by atoms with van der Waals surface area (Å²) in [5.74, 6) is 0.00748. The third-order valence-corrected chi connectivity index (χ3v) is 3.34. The summed E-state index contributed by atoms with van der Waals surface area (Å²) in [5.41, 5.74) is 2.01. The van der Waals surface area contributed by atoms with Crippen molar-refractivity contribution in [1.29, 1.82) is 0 Å². The fraction of sp³-hybridized carbons (Fsp3) is 0.250. The molecular weight excluding hydrogens is 304 g/mol. The highest BCUT2D eigenvalue weighted by Crippen LogP contribution is 2.24. The van der Waals surface area contributed by atoms with Gasteiger partial charge in [0.05, 0.1) is 19.6 Å². The Bertz CT molecular complexity index is 659. The van der Waals surface area contributed by atoms with Gasteiger partial charge in [0, 0.05) is 11.2 Å². The van der Waals surface area contributed by atoms with Crippen molar-refractivity contribution in [2.45, 2.75) is 19.4 Å². The van der Waals surface area contributed by atoms with Crippen molar-refractivity contribution < 1.29 is 14.6 Å². The van der Waals surface area contributed by atoms with E-state index in [0.29, 0.717) is 22.2 Å². The summed E-state index contributed by atoms with van der Waals surface area (Å²) in [6.45, 7) is 1.87. The van der Waals surface area contributed by atoms with Gasteiger partial charge in [-0.3, -0.25) is 4.79 Å². The number of rotatable bonds is 5. The van der Waals surface area contributed by atoms with E-state index in [2.05, 4.69) is 10.3 Å². The normalized spacial score (nSPS) is 11.8. The number of carbonyl (C=O) groups excluding carboxylic acids is 1. The van der Waals surface area contributed by atoms with Gasteiger partial charge in [-0.1, -0.05) is 23.7 Å². The van der Waals surface area contributed by atoms with Gasteiger partial charge in [0.1, 0.15) is 5.69 Å². The zero-order valence-corrected chi connectivity index (χ0v) is 13.1. The van der Waals surface area contributed by atoms with Gasteiger partial charge in [0.15, 0.2) is 0 Å². The smallest absolute Gasteiger partial charge is 0.237 e. The van der Waals surface area contributed by atoms with Crippen LogP contribution in [-0.2, 0) is 4.79 Å². The summed E-state index contributed by atoms with van der Waals surface area (Å²) >= 11 is 5.80. The van der Waals surface area contributed by atoms with E-state index in [9.17, 15) is 9.90 Å². The van der Waals surface area contributed by atoms with Crippen LogP contribution in [0.25, 0.3) is 0 Å². The van der Waals surface area contributed by atoms with Crippen LogP contribution >= 0.6 is 11.6 Å². The van der Waals surface area contributed by atoms with E-state index in [0.717, 1.165) is 5.56 Å². The third kappa shape index (κ3) is 4.19. The third-order valence-electron chi connectivity index (χ3n) is 3.09. The molecule has 1 aromatic carbocycles. The zero-order chi connectivity index (χ0) is 16.1. The number of pyridine rings is 1. The number of ether oxygens (including phenoxy) is 1. The number of amides is 1. The molecule has 0 fully saturated rings. The zero-order valence-electron chi connectivity index (χ0n) is 12.3. The van der Waals surface area contributed by atoms with Gasteiger partial charge in [-0.25, -0.2) is 4.98 Å². The van der Waals surface area contributed by atoms with Crippen molar-refractivity contribution in [3.8, 4) is 5.88 Å². The van der Waals surface area contributed by atoms with Crippen molar-refractivity contribution >= 4 is 23.2 Å². The largest absolute Gasteiger partial charge is 0.480 e. The second kappa shape index (κ2) is 7.24. The van der Waals surface area contributed by atoms with Gasteiger partial charge >= 0.3 is 0 Å². The lowest BCUT2D eigenvalue weighted by molar-refractivity contribution is -0.118. The molecule has 1 amide bonds. The van der Waals surface area contributed by atoms with Crippen LogP contribution in [0.1, 0.15) is 23.7 Å². The van der Waals surface area contributed by atoms with Crippen LogP contribution in [0, 0.1) is 6.92 Å². The minimum absolute atomic E-state index is 0.0707. The Hall–Kier alpha value is -2.11. The Morgan fingerprint density at radius 1 is 1.41 bits per heavy atom. The summed E-state index contributed by atoms with van der Waals surface area (Å²) in [7, 11) is 1.48. The summed E-state index contributed by atoms with van der Waals surface area (Å²) < 4.78 is 5.10. The molecule has 0 bridgehead atoms. The van der Waals surface area contributed by atoms with Gasteiger partial charge in [-0.15, -0.1) is 0 Å². The molecule has 6 heteroatoms. The molecule has 1 atom stereocenters. The van der Waals surface area contributed by atoms with Crippen LogP contribution in [0.4, 0.5) is 5.69 Å². The Balaban J connectivity index is 2.03. The number of hydrogen-bond donors (Lipinski definition) is 2. The Labute approximate surface area is 133 Å². The molecule has 0 radical (unpaired) electrons. The average Bonchev–Trinajstić information content (AvgIpc) is 2.48. The predicted molar refractivity (Wildman–Crippen MR) is 85.2 cm³/mol. The molecule has 0 spiro atoms. The molecule has 0 aliphatic rings. The first-order chi connectivity index (χ1) is 10.5. The van der Waals surface area contributed by atoms with E-state index in [1.54, 1.807) is 36.5 Å². The molecule has 22 heavy (non-hydrogen) atoms. The lowest BCUT2D eigenvalue weighted by Gasteiger charge is -2.13. The summed E-state index contributed by atoms with van der Waals surface area (Å²) in [6.07, 6.45) is 0.677. The molecule has 1 unspecified atom stereocenters. The van der Waals surface area contributed by atoms with Crippen LogP contribution in [0.5, 0.6) is 5.88 Å². The number of aliphatic hydroxyl groups excluding tert-OH is 1. The first-order valence-electron chi connectivity index (χ1n) is 6.73. The second-order valence-corrected chi connectivity index (χ2v) is 5.33. The quantitative estimate of drug-likeness (QED) is 0.888. The molecule has 2 rings (SSSR count). The molecule has 0 saturated heterocycles. The number of halogens is 1. The molecule has 1 heterocycles. The van der Waals surface area contributed by atoms with Crippen LogP contribution in [-0.4, -0.2) is 23.1 Å². The number of benzene rings is 1. The number of hydrogen-bond acceptors (Lipinski definition) is 4. The highest BCUT2D eigenvalue weighted by atomic mass is 35.5. The van der Waals surface area contributed by atoms with Crippen LogP contribution in [0.15, 0.2) is 36.5 Å². The number of aromatic nitrogens is 1. The fourth-order valence-electron chi connectivity index (χ4n) is 1.99. The molecule has 0 aliphatic carbocycles. The summed E-state index contributed by atoms with van der Waals surface area (Å²) in [5, 5.41) is 13.4. The van der Waals surface area contributed by atoms with Crippen LogP contribution < -0.4 is 10.1 Å². The predicted octanol–water partition coefficient (Wildman–Crippen LogP) is 3.11. The van der Waals surface area contributed by atoms with Gasteiger partial charge in [0.2, 0.25) is 11.8 Å². The minimum Gasteiger partial charge on any atom is -0.480 e. The van der Waals surface area contributed by atoms with E-state index < -0.39 is 6.10 Å². The molecule has 2 aromatic rings. The van der Waals surface area contributed by atoms with E-state index in [1.807, 2.05) is 6.92 Å². The number of aliphatic hydroxyl groups is 1. The number of methoxy groups -OCH3 is 1. The van der Waals surface area contributed by atoms with E-state index in [4.69, 9.17) is 16.3 Å². The number of nitrogens with zero attached hydrogens (tertiary/aromatic N) is 1. The van der Waals surface area contributed by atoms with E-state index in [1.165, 1.54) is 7.11 Å². The van der Waals surface area contributed by atoms with Gasteiger partial charge < -0.3 is 15.2 Å². The molecule has 116 valence electrons. The van der Waals surface area contributed by atoms with Gasteiger partial charge in [-0.05, 0) is 36.2 Å². The summed E-state index contributed by atoms with van der Waals surface area (Å²) in [4.78, 5) is 16.1. The second-order valence-electron chi connectivity index (χ2n) is 4.89. The van der Waals surface area contributed by atoms with E-state index >= 15 is 0 Å². The molecular formula is C16H17ClN2O3. The van der Waals surface area contributed by atoms with Crippen molar-refractivity contribution in [3.05, 3.63) is 52.7 Å². The first-order valence-corrected chi connectivity index (χ1v) is 7.11. The lowest BCUT2D eigenvalue weighted by Crippen LogP contribution is -2.16. The maximum Gasteiger partial charge on any atom is 0.237 e. The molecule has 0 saturated carbocycles. The molecule has 5 nitrogen and oxygen atoms in total. The lowest BCUT2D eigenvalue weighted by atomic mass is 10.1. The molecule has 2 N–H and O–H groups in total. The SMILES string of the molecule is COc1ncc(C)cc1NC(=O)CC(O)c1ccc(Cl)cc1. The Morgan fingerprint density at radius 2 is 2.09 bits per heavy atom. The number of nitrogens with one attached hydrogen (secondary N) is 1. The topological polar surface area (TPSA) is 71.5 Å². The van der Waals surface area contributed by atoms with Crippen molar-refractivity contribution in [3.63, 3.8) is 0 Å². The minimum atomic E-state index is -0.902. The van der Waals surface area contributed by atoms with Crippen LogP contribution in [0.2, 0.25) is 5.02 Å². The number of anilines is 1. The van der Waals surface area contributed by atoms with Crippen molar-refractivity contribution in [1.82, 2.24) is 4.98 Å². The maximum absolute atomic E-state index is 12.1.